The number of carbonyl (C=O) groups excluding carboxylic acids is 1. The van der Waals surface area contributed by atoms with E-state index in [2.05, 4.69) is 46.1 Å². The summed E-state index contributed by atoms with van der Waals surface area (Å²) in [5.41, 5.74) is 14.0. The van der Waals surface area contributed by atoms with Gasteiger partial charge < -0.3 is 30.7 Å². The largest absolute Gasteiger partial charge is 0.497 e. The highest BCUT2D eigenvalue weighted by molar-refractivity contribution is 6.31. The summed E-state index contributed by atoms with van der Waals surface area (Å²) >= 11 is 5.96. The summed E-state index contributed by atoms with van der Waals surface area (Å²) in [5, 5.41) is 2.90. The van der Waals surface area contributed by atoms with Gasteiger partial charge >= 0.3 is 0 Å². The molecule has 1 amide bonds. The zero-order chi connectivity index (χ0) is 29.0. The first-order chi connectivity index (χ1) is 19.3. The molecule has 1 heterocycles. The number of hydrogen-bond acceptors (Lipinski definition) is 7. The molecule has 0 aliphatic carbocycles. The van der Waals surface area contributed by atoms with Gasteiger partial charge in [0, 0.05) is 12.8 Å². The number of nitrogen functional groups attached to an aromatic ring is 2. The van der Waals surface area contributed by atoms with Gasteiger partial charge in [0.25, 0.3) is 5.91 Å². The van der Waals surface area contributed by atoms with Crippen LogP contribution in [0.3, 0.4) is 0 Å². The Labute approximate surface area is 241 Å². The highest BCUT2D eigenvalue weighted by Gasteiger charge is 2.26. The van der Waals surface area contributed by atoms with E-state index in [4.69, 9.17) is 32.5 Å². The first-order valence-electron chi connectivity index (χ1n) is 13.4. The van der Waals surface area contributed by atoms with Gasteiger partial charge in [0.1, 0.15) is 11.5 Å². The Morgan fingerprint density at radius 3 is 1.90 bits per heavy atom. The highest BCUT2D eigenvalue weighted by Crippen LogP contribution is 2.19. The number of nitrogens with one attached hydrogen (secondary N) is 1. The van der Waals surface area contributed by atoms with Crippen LogP contribution < -0.4 is 26.3 Å². The van der Waals surface area contributed by atoms with Crippen LogP contribution in [0.15, 0.2) is 61.2 Å². The van der Waals surface area contributed by atoms with E-state index in [1.54, 1.807) is 14.2 Å². The Balaban J connectivity index is 1.68. The van der Waals surface area contributed by atoms with E-state index >= 15 is 0 Å². The first-order valence-corrected chi connectivity index (χ1v) is 13.8. The van der Waals surface area contributed by atoms with Gasteiger partial charge in [0.2, 0.25) is 0 Å². The minimum atomic E-state index is -0.430. The molecular weight excluding hydrogens is 528 g/mol. The Morgan fingerprint density at radius 2 is 1.43 bits per heavy atom. The molecule has 0 atom stereocenters. The average Bonchev–Trinajstić information content (AvgIpc) is 2.95. The van der Waals surface area contributed by atoms with Crippen LogP contribution in [0.1, 0.15) is 34.5 Å². The summed E-state index contributed by atoms with van der Waals surface area (Å²) < 4.78 is 11.4. The molecule has 40 heavy (non-hydrogen) atoms. The summed E-state index contributed by atoms with van der Waals surface area (Å²) in [5.74, 6) is 1.21. The monoisotopic (exact) mass is 567 g/mol. The summed E-state index contributed by atoms with van der Waals surface area (Å²) in [6.07, 6.45) is 5.83. The van der Waals surface area contributed by atoms with Crippen LogP contribution in [0.5, 0.6) is 11.5 Å². The molecule has 5 N–H and O–H groups in total. The van der Waals surface area contributed by atoms with Crippen LogP contribution >= 0.6 is 11.6 Å². The molecule has 3 aromatic rings. The van der Waals surface area contributed by atoms with E-state index in [9.17, 15) is 4.79 Å². The summed E-state index contributed by atoms with van der Waals surface area (Å²) in [6, 6.07) is 16.4. The van der Waals surface area contributed by atoms with Crippen molar-refractivity contribution in [1.82, 2.24) is 15.3 Å². The smallest absolute Gasteiger partial charge is 0.273 e. The third-order valence-corrected chi connectivity index (χ3v) is 7.30. The molecule has 214 valence electrons. The molecule has 0 saturated heterocycles. The Hall–Kier alpha value is -3.82. The van der Waals surface area contributed by atoms with Crippen molar-refractivity contribution in [3.05, 3.63) is 83.2 Å². The number of nitrogens with two attached hydrogens (primary N) is 2. The van der Waals surface area contributed by atoms with E-state index in [1.807, 2.05) is 30.3 Å². The van der Waals surface area contributed by atoms with Crippen molar-refractivity contribution >= 4 is 29.1 Å². The molecule has 10 heteroatoms. The molecule has 0 aliphatic rings. The number of aromatic nitrogens is 2. The minimum absolute atomic E-state index is 0.00824. The summed E-state index contributed by atoms with van der Waals surface area (Å²) in [7, 11) is 3.34. The van der Waals surface area contributed by atoms with Crippen molar-refractivity contribution in [3.63, 3.8) is 0 Å². The number of nitrogens with zero attached hydrogens (tertiary/aromatic N) is 3. The third kappa shape index (κ3) is 8.86. The van der Waals surface area contributed by atoms with Crippen molar-refractivity contribution in [1.29, 1.82) is 0 Å². The fraction of sp³-hybridized carbons (Fsp3) is 0.367. The minimum Gasteiger partial charge on any atom is -0.497 e. The predicted octanol–water partition coefficient (Wildman–Crippen LogP) is 4.31. The lowest BCUT2D eigenvalue weighted by Gasteiger charge is -2.38. The number of hydrogen-bond donors (Lipinski definition) is 3. The second-order valence-corrected chi connectivity index (χ2v) is 10.1. The maximum atomic E-state index is 12.8. The van der Waals surface area contributed by atoms with Gasteiger partial charge in [-0.15, -0.1) is 0 Å². The van der Waals surface area contributed by atoms with Gasteiger partial charge in [-0.3, -0.25) is 4.79 Å². The third-order valence-electron chi connectivity index (χ3n) is 7.02. The fourth-order valence-electron chi connectivity index (χ4n) is 4.80. The van der Waals surface area contributed by atoms with Gasteiger partial charge in [-0.25, -0.2) is 9.97 Å². The highest BCUT2D eigenvalue weighted by atomic mass is 35.5. The molecule has 0 fully saturated rings. The molecule has 0 radical (unpaired) electrons. The number of carbonyl (C=O) groups is 1. The van der Waals surface area contributed by atoms with Crippen molar-refractivity contribution in [2.45, 2.75) is 25.7 Å². The molecular formula is C30H40ClN6O3+. The number of anilines is 2. The summed E-state index contributed by atoms with van der Waals surface area (Å²) in [6.45, 7) is 7.86. The summed E-state index contributed by atoms with van der Waals surface area (Å²) in [4.78, 5) is 20.8. The number of halogens is 1. The Bertz CT molecular complexity index is 1200. The van der Waals surface area contributed by atoms with Crippen molar-refractivity contribution in [2.75, 3.05) is 58.4 Å². The second-order valence-electron chi connectivity index (χ2n) is 9.78. The maximum Gasteiger partial charge on any atom is 0.273 e. The molecule has 1 aromatic heterocycles. The second kappa shape index (κ2) is 15.1. The van der Waals surface area contributed by atoms with Crippen molar-refractivity contribution in [2.24, 2.45) is 0 Å². The molecule has 3 rings (SSSR count). The maximum absolute atomic E-state index is 12.8. The lowest BCUT2D eigenvalue weighted by molar-refractivity contribution is -0.922. The zero-order valence-electron chi connectivity index (χ0n) is 23.4. The number of methoxy groups -OCH3 is 2. The number of benzene rings is 2. The number of quaternary nitrogens is 1. The van der Waals surface area contributed by atoms with E-state index in [0.29, 0.717) is 6.54 Å². The SMILES string of the molecule is C=CC[N+](CCCc1ccc(OC)cc1)(CCCc1ccc(OC)cc1)CCNC(=O)c1nc(Cl)c(N)nc1N. The molecule has 2 aromatic carbocycles. The van der Waals surface area contributed by atoms with Gasteiger partial charge in [-0.05, 0) is 54.3 Å². The van der Waals surface area contributed by atoms with Gasteiger partial charge in [-0.1, -0.05) is 42.4 Å². The number of rotatable bonds is 16. The van der Waals surface area contributed by atoms with Crippen LogP contribution in [0.4, 0.5) is 11.6 Å². The molecule has 0 aliphatic heterocycles. The van der Waals surface area contributed by atoms with E-state index < -0.39 is 5.91 Å². The van der Waals surface area contributed by atoms with Gasteiger partial charge in [0.15, 0.2) is 22.5 Å². The van der Waals surface area contributed by atoms with Crippen LogP contribution in [-0.2, 0) is 12.8 Å². The normalized spacial score (nSPS) is 11.2. The van der Waals surface area contributed by atoms with Gasteiger partial charge in [0.05, 0.1) is 46.9 Å². The van der Waals surface area contributed by atoms with E-state index in [-0.39, 0.29) is 22.5 Å². The molecule has 9 nitrogen and oxygen atoms in total. The quantitative estimate of drug-likeness (QED) is 0.174. The Kier molecular flexibility index (Phi) is 11.6. The van der Waals surface area contributed by atoms with Gasteiger partial charge in [-0.2, -0.15) is 0 Å². The van der Waals surface area contributed by atoms with Crippen molar-refractivity contribution in [3.8, 4) is 11.5 Å². The lowest BCUT2D eigenvalue weighted by Crippen LogP contribution is -2.53. The lowest BCUT2D eigenvalue weighted by atomic mass is 10.1. The van der Waals surface area contributed by atoms with Crippen LogP contribution in [0.2, 0.25) is 5.15 Å². The first kappa shape index (κ1) is 30.7. The zero-order valence-corrected chi connectivity index (χ0v) is 24.1. The Morgan fingerprint density at radius 1 is 0.900 bits per heavy atom. The molecule has 0 unspecified atom stereocenters. The molecule has 0 bridgehead atoms. The number of ether oxygens (including phenoxy) is 2. The average molecular weight is 568 g/mol. The van der Waals surface area contributed by atoms with E-state index in [0.717, 1.165) is 67.8 Å². The van der Waals surface area contributed by atoms with E-state index in [1.165, 1.54) is 11.1 Å². The number of aryl methyl sites for hydroxylation is 2. The molecule has 0 spiro atoms. The fourth-order valence-corrected chi connectivity index (χ4v) is 4.93. The van der Waals surface area contributed by atoms with Crippen LogP contribution in [0.25, 0.3) is 0 Å². The molecule has 0 saturated carbocycles. The van der Waals surface area contributed by atoms with Crippen LogP contribution in [-0.4, -0.2) is 67.3 Å². The van der Waals surface area contributed by atoms with Crippen LogP contribution in [0, 0.1) is 0 Å². The standard InChI is InChI=1S/C30H39ClN6O3/c1-4-18-37(19-5-7-22-9-13-24(39-2)14-10-22,20-6-8-23-11-15-25(40-3)16-12-23)21-17-34-30(38)26-28(32)36-29(33)27(31)35-26/h4,9-16H,1,5-8,17-21H2,2-3H3,(H4-,32,33,34,36,38)/p+1. The van der Waals surface area contributed by atoms with Crippen molar-refractivity contribution < 1.29 is 18.8 Å². The topological polar surface area (TPSA) is 125 Å². The predicted molar refractivity (Wildman–Crippen MR) is 161 cm³/mol. The number of amides is 1.